The van der Waals surface area contributed by atoms with Gasteiger partial charge in [-0.1, -0.05) is 46.5 Å². The number of Topliss-reactive ketones (excluding diaryl/α,β-unsaturated/α-hetero) is 2. The van der Waals surface area contributed by atoms with E-state index in [9.17, 15) is 24.9 Å². The van der Waals surface area contributed by atoms with Crippen LogP contribution in [0.25, 0.3) is 0 Å². The Hall–Kier alpha value is -0.780. The molecule has 5 nitrogen and oxygen atoms in total. The fourth-order valence-electron chi connectivity index (χ4n) is 9.97. The average Bonchev–Trinajstić information content (AvgIpc) is 2.79. The Morgan fingerprint density at radius 3 is 2.23 bits per heavy atom. The van der Waals surface area contributed by atoms with Gasteiger partial charge in [0.25, 0.3) is 0 Å². The number of aliphatic hydroxyl groups excluding tert-OH is 3. The second-order valence-electron chi connectivity index (χ2n) is 13.9. The maximum Gasteiger partial charge on any atom is 0.152 e. The number of aliphatic hydroxyl groups is 3. The molecule has 5 fully saturated rings. The lowest BCUT2D eigenvalue weighted by Crippen LogP contribution is -2.64. The Labute approximate surface area is 211 Å². The van der Waals surface area contributed by atoms with E-state index in [0.29, 0.717) is 24.2 Å². The zero-order chi connectivity index (χ0) is 25.2. The van der Waals surface area contributed by atoms with Crippen LogP contribution in [0.15, 0.2) is 0 Å². The summed E-state index contributed by atoms with van der Waals surface area (Å²) in [5.74, 6) is 1.00. The van der Waals surface area contributed by atoms with Gasteiger partial charge in [-0.2, -0.15) is 0 Å². The summed E-state index contributed by atoms with van der Waals surface area (Å²) in [6.07, 6.45) is 8.76. The molecule has 0 radical (unpaired) electrons. The largest absolute Gasteiger partial charge is 0.392 e. The van der Waals surface area contributed by atoms with Crippen molar-refractivity contribution in [3.63, 3.8) is 0 Å². The van der Waals surface area contributed by atoms with Crippen LogP contribution in [0.5, 0.6) is 0 Å². The van der Waals surface area contributed by atoms with Crippen LogP contribution < -0.4 is 0 Å². The Balaban J connectivity index is 1.35. The molecule has 12 atom stereocenters. The van der Waals surface area contributed by atoms with Crippen molar-refractivity contribution in [3.8, 4) is 0 Å². The van der Waals surface area contributed by atoms with Gasteiger partial charge in [0, 0.05) is 11.3 Å². The molecule has 0 aromatic rings. The monoisotopic (exact) mass is 488 g/mol. The number of fused-ring (bicyclic) bond motifs is 3. The summed E-state index contributed by atoms with van der Waals surface area (Å²) in [4.78, 5) is 25.9. The highest BCUT2D eigenvalue weighted by Gasteiger charge is 2.64. The van der Waals surface area contributed by atoms with Crippen LogP contribution in [-0.2, 0) is 9.59 Å². The molecule has 12 unspecified atom stereocenters. The van der Waals surface area contributed by atoms with Crippen LogP contribution in [0, 0.1) is 64.6 Å². The number of carbonyl (C=O) groups excluding carboxylic acids is 2. The summed E-state index contributed by atoms with van der Waals surface area (Å²) in [5.41, 5.74) is -0.706. The topological polar surface area (TPSA) is 94.8 Å². The molecule has 5 aliphatic rings. The second kappa shape index (κ2) is 9.51. The summed E-state index contributed by atoms with van der Waals surface area (Å²) in [6.45, 7) is 7.84. The van der Waals surface area contributed by atoms with E-state index in [1.807, 2.05) is 6.92 Å². The Kier molecular flexibility index (Phi) is 7.02. The molecule has 5 rings (SSSR count). The van der Waals surface area contributed by atoms with E-state index >= 15 is 0 Å². The second-order valence-corrected chi connectivity index (χ2v) is 13.9. The third-order valence-electron chi connectivity index (χ3n) is 12.2. The van der Waals surface area contributed by atoms with Crippen LogP contribution in [0.1, 0.15) is 91.9 Å². The molecule has 35 heavy (non-hydrogen) atoms. The number of rotatable bonds is 3. The molecule has 0 heterocycles. The summed E-state index contributed by atoms with van der Waals surface area (Å²) in [7, 11) is 0. The van der Waals surface area contributed by atoms with Gasteiger partial charge in [-0.15, -0.1) is 0 Å². The van der Waals surface area contributed by atoms with Crippen LogP contribution >= 0.6 is 0 Å². The Bertz CT molecular complexity index is 818. The third-order valence-corrected chi connectivity index (χ3v) is 12.2. The zero-order valence-electron chi connectivity index (χ0n) is 22.2. The number of ketones is 2. The first-order valence-corrected chi connectivity index (χ1v) is 14.6. The lowest BCUT2D eigenvalue weighted by Gasteiger charge is -2.61. The Morgan fingerprint density at radius 2 is 1.57 bits per heavy atom. The van der Waals surface area contributed by atoms with Crippen molar-refractivity contribution >= 4 is 11.6 Å². The minimum atomic E-state index is -0.938. The van der Waals surface area contributed by atoms with Gasteiger partial charge in [0.05, 0.1) is 18.3 Å². The van der Waals surface area contributed by atoms with Crippen LogP contribution in [0.2, 0.25) is 0 Å². The van der Waals surface area contributed by atoms with E-state index in [1.165, 1.54) is 32.6 Å². The number of hydrogen-bond donors (Lipinski definition) is 3. The van der Waals surface area contributed by atoms with E-state index in [-0.39, 0.29) is 41.2 Å². The SMILES string of the molecule is CC(=O)C1C(=O)C2(C)C(CC1O)CC1CC3CCC(CC4CCC(C)CC4)C(O)C3C(O)C1C2C. The molecule has 5 heteroatoms. The molecular formula is C30H48O5. The predicted octanol–water partition coefficient (Wildman–Crippen LogP) is 4.40. The predicted molar refractivity (Wildman–Crippen MR) is 134 cm³/mol. The van der Waals surface area contributed by atoms with E-state index in [1.54, 1.807) is 0 Å². The van der Waals surface area contributed by atoms with Crippen LogP contribution in [-0.4, -0.2) is 45.2 Å². The smallest absolute Gasteiger partial charge is 0.152 e. The maximum absolute atomic E-state index is 13.7. The van der Waals surface area contributed by atoms with E-state index in [0.717, 1.165) is 38.0 Å². The molecule has 0 aromatic heterocycles. The van der Waals surface area contributed by atoms with Crippen LogP contribution in [0.4, 0.5) is 0 Å². The molecule has 3 N–H and O–H groups in total. The lowest BCUT2D eigenvalue weighted by molar-refractivity contribution is -0.197. The average molecular weight is 489 g/mol. The minimum absolute atomic E-state index is 0.0340. The maximum atomic E-state index is 13.7. The van der Waals surface area contributed by atoms with Crippen molar-refractivity contribution in [2.45, 2.75) is 110 Å². The van der Waals surface area contributed by atoms with Gasteiger partial charge in [-0.05, 0) is 92.8 Å². The van der Waals surface area contributed by atoms with Crippen molar-refractivity contribution < 1.29 is 24.9 Å². The minimum Gasteiger partial charge on any atom is -0.392 e. The van der Waals surface area contributed by atoms with Gasteiger partial charge in [-0.3, -0.25) is 9.59 Å². The summed E-state index contributed by atoms with van der Waals surface area (Å²) < 4.78 is 0. The van der Waals surface area contributed by atoms with Gasteiger partial charge < -0.3 is 15.3 Å². The summed E-state index contributed by atoms with van der Waals surface area (Å²) in [5, 5.41) is 34.1. The molecule has 0 spiro atoms. The first kappa shape index (κ1) is 25.9. The zero-order valence-corrected chi connectivity index (χ0v) is 22.2. The lowest BCUT2D eigenvalue weighted by atomic mass is 9.43. The molecule has 198 valence electrons. The number of hydrogen-bond acceptors (Lipinski definition) is 5. The molecule has 0 amide bonds. The van der Waals surface area contributed by atoms with E-state index in [4.69, 9.17) is 0 Å². The molecule has 0 saturated heterocycles. The third kappa shape index (κ3) is 4.16. The highest BCUT2D eigenvalue weighted by Crippen LogP contribution is 2.62. The Morgan fingerprint density at radius 1 is 0.886 bits per heavy atom. The molecule has 0 aromatic carbocycles. The highest BCUT2D eigenvalue weighted by molar-refractivity contribution is 6.05. The highest BCUT2D eigenvalue weighted by atomic mass is 16.3. The van der Waals surface area contributed by atoms with Gasteiger partial charge >= 0.3 is 0 Å². The van der Waals surface area contributed by atoms with Crippen LogP contribution in [0.3, 0.4) is 0 Å². The summed E-state index contributed by atoms with van der Waals surface area (Å²) in [6, 6.07) is 0. The molecule has 0 aliphatic heterocycles. The molecular weight excluding hydrogens is 440 g/mol. The van der Waals surface area contributed by atoms with Crippen molar-refractivity contribution in [1.82, 2.24) is 0 Å². The van der Waals surface area contributed by atoms with Gasteiger partial charge in [-0.25, -0.2) is 0 Å². The van der Waals surface area contributed by atoms with Gasteiger partial charge in [0.15, 0.2) is 5.78 Å². The van der Waals surface area contributed by atoms with E-state index in [2.05, 4.69) is 13.8 Å². The van der Waals surface area contributed by atoms with Gasteiger partial charge in [0.1, 0.15) is 11.7 Å². The van der Waals surface area contributed by atoms with Crippen molar-refractivity contribution in [2.24, 2.45) is 64.6 Å². The standard InChI is InChI=1S/C30H48O5/c1-15-5-7-18(8-6-15)11-20-10-9-19-12-21-13-22-14-23(32)25(17(3)31)29(35)30(22,4)16(2)24(21)28(34)26(19)27(20)33/h15-16,18-28,32-34H,5-14H2,1-4H3. The fourth-order valence-corrected chi connectivity index (χ4v) is 9.97. The molecule has 5 aliphatic carbocycles. The van der Waals surface area contributed by atoms with Crippen molar-refractivity contribution in [3.05, 3.63) is 0 Å². The van der Waals surface area contributed by atoms with Gasteiger partial charge in [0.2, 0.25) is 0 Å². The summed E-state index contributed by atoms with van der Waals surface area (Å²) >= 11 is 0. The van der Waals surface area contributed by atoms with Crippen molar-refractivity contribution in [1.29, 1.82) is 0 Å². The first-order chi connectivity index (χ1) is 16.5. The first-order valence-electron chi connectivity index (χ1n) is 14.6. The quantitative estimate of drug-likeness (QED) is 0.512. The number of carbonyl (C=O) groups is 2. The van der Waals surface area contributed by atoms with E-state index < -0.39 is 29.6 Å². The normalized spacial score (nSPS) is 54.4. The molecule has 0 bridgehead atoms. The molecule has 5 saturated carbocycles. The fraction of sp³-hybridized carbons (Fsp3) is 0.933. The van der Waals surface area contributed by atoms with Crippen molar-refractivity contribution in [2.75, 3.05) is 0 Å².